The number of esters is 1. The maximum atomic E-state index is 13.6. The number of rotatable bonds is 7. The Morgan fingerprint density at radius 1 is 1.03 bits per heavy atom. The first kappa shape index (κ1) is 22.5. The van der Waals surface area contributed by atoms with Crippen molar-refractivity contribution in [1.29, 1.82) is 0 Å². The number of carbonyl (C=O) groups excluding carboxylic acids is 2. The topological polar surface area (TPSA) is 55.4 Å². The Bertz CT molecular complexity index is 875. The van der Waals surface area contributed by atoms with Crippen molar-refractivity contribution < 1.29 is 14.3 Å². The molecule has 1 saturated heterocycles. The van der Waals surface area contributed by atoms with Crippen LogP contribution in [0, 0.1) is 6.92 Å². The predicted octanol–water partition coefficient (Wildman–Crippen LogP) is 5.63. The van der Waals surface area contributed by atoms with Gasteiger partial charge in [-0.15, -0.1) is 0 Å². The van der Waals surface area contributed by atoms with Crippen molar-refractivity contribution in [3.8, 4) is 0 Å². The molecule has 1 unspecified atom stereocenters. The van der Waals surface area contributed by atoms with Gasteiger partial charge in [0.05, 0.1) is 0 Å². The van der Waals surface area contributed by atoms with Crippen LogP contribution in [0.5, 0.6) is 0 Å². The second kappa shape index (κ2) is 10.2. The molecule has 30 heavy (non-hydrogen) atoms. The summed E-state index contributed by atoms with van der Waals surface area (Å²) in [5.41, 5.74) is 3.27. The van der Waals surface area contributed by atoms with Crippen LogP contribution in [0.4, 0.5) is 5.69 Å². The third-order valence-electron chi connectivity index (χ3n) is 6.64. The summed E-state index contributed by atoms with van der Waals surface area (Å²) in [5, 5.41) is 3.15. The molecule has 1 aliphatic heterocycles. The first-order valence-electron chi connectivity index (χ1n) is 11.0. The molecule has 0 bridgehead atoms. The number of nitrogens with one attached hydrogen (secondary N) is 1. The maximum absolute atomic E-state index is 13.6. The second-order valence-electron chi connectivity index (χ2n) is 8.52. The van der Waals surface area contributed by atoms with Crippen molar-refractivity contribution in [3.05, 3.63) is 65.2 Å². The first-order valence-corrected chi connectivity index (χ1v) is 13.7. The number of para-hydroxylation sites is 1. The van der Waals surface area contributed by atoms with Gasteiger partial charge in [-0.05, 0) is 0 Å². The zero-order chi connectivity index (χ0) is 21.6. The summed E-state index contributed by atoms with van der Waals surface area (Å²) in [4.78, 5) is 25.9. The molecule has 1 fully saturated rings. The van der Waals surface area contributed by atoms with Crippen molar-refractivity contribution >= 4 is 24.8 Å². The van der Waals surface area contributed by atoms with Crippen LogP contribution in [0.1, 0.15) is 54.1 Å². The molecule has 1 atom stereocenters. The standard InChI is InChI=1S/C25H34NO3P/c1-4-22(24(27)26-23-19(2)12-11-15-21(23)25(28)29-3)30(16-9-6-10-17-30)18-20-13-7-5-8-14-20/h5,7-8,11-15,22,30H,4,6,9-10,16-18H2,1-3H3,(H,26,27). The van der Waals surface area contributed by atoms with Gasteiger partial charge < -0.3 is 0 Å². The van der Waals surface area contributed by atoms with E-state index in [4.69, 9.17) is 4.74 Å². The number of benzene rings is 2. The van der Waals surface area contributed by atoms with E-state index < -0.39 is 13.2 Å². The fourth-order valence-electron chi connectivity index (χ4n) is 5.13. The monoisotopic (exact) mass is 427 g/mol. The van der Waals surface area contributed by atoms with E-state index in [9.17, 15) is 9.59 Å². The summed E-state index contributed by atoms with van der Waals surface area (Å²) in [6.45, 7) is 4.05. The van der Waals surface area contributed by atoms with Crippen molar-refractivity contribution in [2.75, 3.05) is 24.8 Å². The Morgan fingerprint density at radius 3 is 2.37 bits per heavy atom. The van der Waals surface area contributed by atoms with E-state index >= 15 is 0 Å². The molecule has 0 spiro atoms. The molecular weight excluding hydrogens is 393 g/mol. The third kappa shape index (κ3) is 4.92. The molecule has 4 nitrogen and oxygen atoms in total. The van der Waals surface area contributed by atoms with E-state index in [0.717, 1.165) is 18.1 Å². The number of amides is 1. The van der Waals surface area contributed by atoms with Crippen LogP contribution in [0.25, 0.3) is 0 Å². The third-order valence-corrected chi connectivity index (χ3v) is 12.6. The summed E-state index contributed by atoms with van der Waals surface area (Å²) < 4.78 is 4.93. The molecule has 0 radical (unpaired) electrons. The van der Waals surface area contributed by atoms with Crippen LogP contribution in [0.3, 0.4) is 0 Å². The molecule has 0 saturated carbocycles. The number of hydrogen-bond donors (Lipinski definition) is 1. The van der Waals surface area contributed by atoms with Gasteiger partial charge in [-0.2, -0.15) is 0 Å². The molecule has 2 aromatic carbocycles. The summed E-state index contributed by atoms with van der Waals surface area (Å²) in [6, 6.07) is 16.1. The minimum absolute atomic E-state index is 0.0307. The molecule has 2 aromatic rings. The van der Waals surface area contributed by atoms with E-state index in [2.05, 4.69) is 42.6 Å². The van der Waals surface area contributed by atoms with Crippen LogP contribution in [-0.2, 0) is 15.7 Å². The summed E-state index contributed by atoms with van der Waals surface area (Å²) in [6.07, 6.45) is 8.01. The van der Waals surface area contributed by atoms with Crippen molar-refractivity contribution in [2.45, 2.75) is 51.4 Å². The normalized spacial score (nSPS) is 17.6. The molecule has 1 N–H and O–H groups in total. The summed E-state index contributed by atoms with van der Waals surface area (Å²) in [7, 11) is -0.498. The van der Waals surface area contributed by atoms with Gasteiger partial charge in [0, 0.05) is 0 Å². The van der Waals surface area contributed by atoms with Gasteiger partial charge >= 0.3 is 180 Å². The predicted molar refractivity (Wildman–Crippen MR) is 127 cm³/mol. The van der Waals surface area contributed by atoms with Gasteiger partial charge in [-0.25, -0.2) is 0 Å². The summed E-state index contributed by atoms with van der Waals surface area (Å²) in [5.74, 6) is -0.350. The van der Waals surface area contributed by atoms with Crippen LogP contribution >= 0.6 is 7.26 Å². The van der Waals surface area contributed by atoms with E-state index in [-0.39, 0.29) is 11.6 Å². The zero-order valence-electron chi connectivity index (χ0n) is 18.4. The van der Waals surface area contributed by atoms with Crippen molar-refractivity contribution in [3.63, 3.8) is 0 Å². The molecule has 0 aliphatic carbocycles. The number of ether oxygens (including phenoxy) is 1. The van der Waals surface area contributed by atoms with Crippen molar-refractivity contribution in [2.24, 2.45) is 0 Å². The average Bonchev–Trinajstić information content (AvgIpc) is 2.76. The molecule has 3 rings (SSSR count). The molecule has 5 heteroatoms. The second-order valence-corrected chi connectivity index (χ2v) is 13.3. The Kier molecular flexibility index (Phi) is 7.66. The number of hydrogen-bond acceptors (Lipinski definition) is 3. The molecule has 0 aromatic heterocycles. The Morgan fingerprint density at radius 2 is 1.73 bits per heavy atom. The number of aryl methyl sites for hydroxylation is 1. The molecule has 162 valence electrons. The summed E-state index contributed by atoms with van der Waals surface area (Å²) >= 11 is 0. The van der Waals surface area contributed by atoms with Gasteiger partial charge in [0.25, 0.3) is 0 Å². The SMILES string of the molecule is CCC(C(=O)Nc1c(C)cccc1C(=O)OC)[PH]1(Cc2ccccc2)CCCCC1. The Hall–Kier alpha value is -2.19. The quantitative estimate of drug-likeness (QED) is 0.460. The van der Waals surface area contributed by atoms with Crippen LogP contribution in [0.2, 0.25) is 0 Å². The van der Waals surface area contributed by atoms with Crippen molar-refractivity contribution in [1.82, 2.24) is 0 Å². The van der Waals surface area contributed by atoms with E-state index in [0.29, 0.717) is 11.3 Å². The Labute approximate surface area is 180 Å². The average molecular weight is 428 g/mol. The fourth-order valence-corrected chi connectivity index (χ4v) is 11.1. The van der Waals surface area contributed by atoms with Gasteiger partial charge in [0.2, 0.25) is 0 Å². The van der Waals surface area contributed by atoms with Crippen LogP contribution < -0.4 is 5.32 Å². The van der Waals surface area contributed by atoms with Crippen LogP contribution in [0.15, 0.2) is 48.5 Å². The minimum atomic E-state index is -1.87. The molecular formula is C25H34NO3P. The molecule has 1 heterocycles. The Balaban J connectivity index is 1.91. The van der Waals surface area contributed by atoms with Gasteiger partial charge in [-0.3, -0.25) is 0 Å². The first-order chi connectivity index (χ1) is 14.5. The van der Waals surface area contributed by atoms with Gasteiger partial charge in [-0.1, -0.05) is 0 Å². The number of carbonyl (C=O) groups is 2. The molecule has 1 amide bonds. The van der Waals surface area contributed by atoms with E-state index in [1.165, 1.54) is 44.3 Å². The number of methoxy groups -OCH3 is 1. The molecule has 1 aliphatic rings. The zero-order valence-corrected chi connectivity index (χ0v) is 19.4. The van der Waals surface area contributed by atoms with Gasteiger partial charge in [0.1, 0.15) is 0 Å². The fraction of sp³-hybridized carbons (Fsp3) is 0.440. The van der Waals surface area contributed by atoms with Crippen LogP contribution in [-0.4, -0.2) is 37.0 Å². The number of anilines is 1. The van der Waals surface area contributed by atoms with E-state index in [1.54, 1.807) is 6.07 Å². The van der Waals surface area contributed by atoms with E-state index in [1.807, 2.05) is 19.1 Å². The van der Waals surface area contributed by atoms with Gasteiger partial charge in [0.15, 0.2) is 0 Å².